The normalized spacial score (nSPS) is 24.3. The summed E-state index contributed by atoms with van der Waals surface area (Å²) in [4.78, 5) is 39.6. The van der Waals surface area contributed by atoms with Crippen molar-refractivity contribution >= 4 is 28.6 Å². The van der Waals surface area contributed by atoms with Crippen molar-refractivity contribution in [2.24, 2.45) is 5.92 Å². The molecule has 1 saturated heterocycles. The van der Waals surface area contributed by atoms with Gasteiger partial charge >= 0.3 is 0 Å². The van der Waals surface area contributed by atoms with Crippen LogP contribution in [0.3, 0.4) is 0 Å². The molecule has 2 atom stereocenters. The summed E-state index contributed by atoms with van der Waals surface area (Å²) in [5, 5.41) is 0.107. The number of nitrogens with zero attached hydrogens (tertiary/aromatic N) is 1. The van der Waals surface area contributed by atoms with Crippen LogP contribution in [0.2, 0.25) is 0 Å². The molecule has 0 N–H and O–H groups in total. The summed E-state index contributed by atoms with van der Waals surface area (Å²) >= 11 is 1.32. The average Bonchev–Trinajstić information content (AvgIpc) is 3.15. The first-order valence-electron chi connectivity index (χ1n) is 9.58. The van der Waals surface area contributed by atoms with Crippen LogP contribution in [0.25, 0.3) is 0 Å². The zero-order valence-corrected chi connectivity index (χ0v) is 17.3. The van der Waals surface area contributed by atoms with Crippen LogP contribution < -0.4 is 0 Å². The molecule has 5 heteroatoms. The van der Waals surface area contributed by atoms with E-state index in [9.17, 15) is 14.4 Å². The molecule has 0 bridgehead atoms. The summed E-state index contributed by atoms with van der Waals surface area (Å²) in [5.41, 5.74) is 4.67. The van der Waals surface area contributed by atoms with Gasteiger partial charge in [0.05, 0.1) is 0 Å². The fourth-order valence-electron chi connectivity index (χ4n) is 4.38. The highest BCUT2D eigenvalue weighted by Crippen LogP contribution is 2.37. The highest BCUT2D eigenvalue weighted by atomic mass is 32.2. The molecule has 3 rings (SSSR count). The first kappa shape index (κ1) is 19.9. The van der Waals surface area contributed by atoms with Crippen molar-refractivity contribution in [2.75, 3.05) is 18.8 Å². The number of thioether (sulfide) groups is 1. The number of carbonyl (C=O) groups excluding carboxylic acids is 3. The second kappa shape index (κ2) is 8.01. The van der Waals surface area contributed by atoms with E-state index in [4.69, 9.17) is 0 Å². The minimum Gasteiger partial charge on any atom is -0.333 e. The van der Waals surface area contributed by atoms with Gasteiger partial charge in [0.25, 0.3) is 5.24 Å². The lowest BCUT2D eigenvalue weighted by atomic mass is 9.87. The summed E-state index contributed by atoms with van der Waals surface area (Å²) < 4.78 is 0. The van der Waals surface area contributed by atoms with Gasteiger partial charge in [0.2, 0.25) is 0 Å². The van der Waals surface area contributed by atoms with Crippen molar-refractivity contribution in [1.29, 1.82) is 0 Å². The van der Waals surface area contributed by atoms with Crippen LogP contribution in [-0.2, 0) is 9.59 Å². The van der Waals surface area contributed by atoms with Gasteiger partial charge in [-0.3, -0.25) is 14.4 Å². The second-order valence-corrected chi connectivity index (χ2v) is 8.85. The third-order valence-electron chi connectivity index (χ3n) is 5.48. The Morgan fingerprint density at radius 2 is 1.89 bits per heavy atom. The van der Waals surface area contributed by atoms with E-state index in [1.807, 2.05) is 50.8 Å². The van der Waals surface area contributed by atoms with E-state index in [0.717, 1.165) is 41.0 Å². The zero-order chi connectivity index (χ0) is 19.7. The van der Waals surface area contributed by atoms with Crippen LogP contribution in [0.1, 0.15) is 47.9 Å². The molecule has 144 valence electrons. The Balaban J connectivity index is 1.79. The molecular weight excluding hydrogens is 358 g/mol. The van der Waals surface area contributed by atoms with Gasteiger partial charge in [0.15, 0.2) is 11.6 Å². The molecule has 2 unspecified atom stereocenters. The lowest BCUT2D eigenvalue weighted by Crippen LogP contribution is -2.24. The van der Waals surface area contributed by atoms with Crippen molar-refractivity contribution in [1.82, 2.24) is 4.90 Å². The Morgan fingerprint density at radius 1 is 1.22 bits per heavy atom. The Labute approximate surface area is 165 Å². The number of allylic oxidation sites excluding steroid dienone is 1. The fourth-order valence-corrected chi connectivity index (χ4v) is 4.97. The number of likely N-dealkylation sites (tertiary alicyclic amines) is 1. The minimum atomic E-state index is -0.661. The van der Waals surface area contributed by atoms with Crippen molar-refractivity contribution in [2.45, 2.75) is 46.5 Å². The number of benzene rings is 1. The quantitative estimate of drug-likeness (QED) is 0.573. The number of amides is 1. The maximum atomic E-state index is 13.0. The molecule has 27 heavy (non-hydrogen) atoms. The lowest BCUT2D eigenvalue weighted by molar-refractivity contribution is -0.123. The molecule has 1 aliphatic heterocycles. The first-order valence-corrected chi connectivity index (χ1v) is 10.6. The van der Waals surface area contributed by atoms with Crippen molar-refractivity contribution < 1.29 is 14.4 Å². The number of rotatable bonds is 3. The average molecular weight is 386 g/mol. The van der Waals surface area contributed by atoms with E-state index in [1.54, 1.807) is 0 Å². The molecule has 1 aliphatic carbocycles. The van der Waals surface area contributed by atoms with E-state index in [-0.39, 0.29) is 29.1 Å². The number of carbonyl (C=O) groups is 3. The van der Waals surface area contributed by atoms with Gasteiger partial charge in [-0.2, -0.15) is 0 Å². The Kier molecular flexibility index (Phi) is 5.89. The predicted molar refractivity (Wildman–Crippen MR) is 109 cm³/mol. The molecule has 1 aromatic rings. The van der Waals surface area contributed by atoms with Crippen LogP contribution in [0.5, 0.6) is 0 Å². The van der Waals surface area contributed by atoms with Crippen LogP contribution in [0, 0.1) is 26.7 Å². The number of aryl methyl sites for hydroxylation is 3. The predicted octanol–water partition coefficient (Wildman–Crippen LogP) is 4.36. The smallest absolute Gasteiger partial charge is 0.281 e. The highest BCUT2D eigenvalue weighted by molar-refractivity contribution is 8.13. The van der Waals surface area contributed by atoms with Crippen molar-refractivity contribution in [3.63, 3.8) is 0 Å². The Morgan fingerprint density at radius 3 is 2.52 bits per heavy atom. The van der Waals surface area contributed by atoms with Gasteiger partial charge in [0.1, 0.15) is 5.92 Å². The van der Waals surface area contributed by atoms with Gasteiger partial charge in [-0.05, 0) is 61.1 Å². The molecule has 4 nitrogen and oxygen atoms in total. The molecular formula is C22H27NO3S. The van der Waals surface area contributed by atoms with Gasteiger partial charge < -0.3 is 4.90 Å². The maximum absolute atomic E-state index is 13.0. The Bertz CT molecular complexity index is 804. The summed E-state index contributed by atoms with van der Waals surface area (Å²) in [6, 6.07) is 4.08. The molecule has 2 aliphatic rings. The molecule has 1 amide bonds. The third kappa shape index (κ3) is 4.03. The highest BCUT2D eigenvalue weighted by Gasteiger charge is 2.40. The lowest BCUT2D eigenvalue weighted by Gasteiger charge is -2.15. The maximum Gasteiger partial charge on any atom is 0.281 e. The monoisotopic (exact) mass is 385 g/mol. The first-order chi connectivity index (χ1) is 12.8. The van der Waals surface area contributed by atoms with E-state index in [0.29, 0.717) is 12.1 Å². The number of hydrogen-bond donors (Lipinski definition) is 0. The van der Waals surface area contributed by atoms with Crippen molar-refractivity contribution in [3.05, 3.63) is 46.0 Å². The number of ketones is 2. The SMILES string of the molecule is CCSC(=O)N1CCC(C=C2CC(=O)C(c3c(C)cc(C)cc3C)C2=O)C1. The number of hydrogen-bond acceptors (Lipinski definition) is 4. The van der Waals surface area contributed by atoms with Crippen LogP contribution in [-0.4, -0.2) is 40.5 Å². The van der Waals surface area contributed by atoms with Gasteiger partial charge in [-0.15, -0.1) is 0 Å². The molecule has 0 spiro atoms. The zero-order valence-electron chi connectivity index (χ0n) is 16.5. The molecule has 0 radical (unpaired) electrons. The fraction of sp³-hybridized carbons (Fsp3) is 0.500. The molecule has 0 aromatic heterocycles. The molecule has 2 fully saturated rings. The van der Waals surface area contributed by atoms with Crippen molar-refractivity contribution in [3.8, 4) is 0 Å². The third-order valence-corrected chi connectivity index (χ3v) is 6.27. The van der Waals surface area contributed by atoms with E-state index in [2.05, 4.69) is 0 Å². The molecule has 1 heterocycles. The van der Waals surface area contributed by atoms with E-state index >= 15 is 0 Å². The van der Waals surface area contributed by atoms with Crippen LogP contribution >= 0.6 is 11.8 Å². The Hall–Kier alpha value is -1.88. The van der Waals surface area contributed by atoms with Gasteiger partial charge in [-0.25, -0.2) is 0 Å². The largest absolute Gasteiger partial charge is 0.333 e. The summed E-state index contributed by atoms with van der Waals surface area (Å²) in [6.45, 7) is 9.31. The standard InChI is InChI=1S/C22H27NO3S/c1-5-27-22(26)23-7-6-16(12-23)10-17-11-18(24)20(21(17)25)19-14(3)8-13(2)9-15(19)4/h8-10,16,20H,5-7,11-12H2,1-4H3. The summed E-state index contributed by atoms with van der Waals surface area (Å²) in [5.74, 6) is 0.214. The van der Waals surface area contributed by atoms with Gasteiger partial charge in [-0.1, -0.05) is 42.5 Å². The molecule has 1 aromatic carbocycles. The van der Waals surface area contributed by atoms with E-state index in [1.165, 1.54) is 11.8 Å². The summed E-state index contributed by atoms with van der Waals surface area (Å²) in [7, 11) is 0. The molecule has 1 saturated carbocycles. The van der Waals surface area contributed by atoms with E-state index < -0.39 is 5.92 Å². The minimum absolute atomic E-state index is 0.00577. The second-order valence-electron chi connectivity index (χ2n) is 7.64. The van der Waals surface area contributed by atoms with Crippen LogP contribution in [0.4, 0.5) is 4.79 Å². The van der Waals surface area contributed by atoms with Crippen LogP contribution in [0.15, 0.2) is 23.8 Å². The topological polar surface area (TPSA) is 54.5 Å². The number of Topliss-reactive ketones (excluding diaryl/α,β-unsaturated/α-hetero) is 2. The van der Waals surface area contributed by atoms with Gasteiger partial charge in [0, 0.05) is 19.5 Å². The summed E-state index contributed by atoms with van der Waals surface area (Å²) in [6.07, 6.45) is 3.03.